The summed E-state index contributed by atoms with van der Waals surface area (Å²) in [5, 5.41) is 0. The zero-order chi connectivity index (χ0) is 14.4. The summed E-state index contributed by atoms with van der Waals surface area (Å²) in [5.41, 5.74) is 8.98. The monoisotopic (exact) mass is 280 g/mol. The van der Waals surface area contributed by atoms with E-state index in [2.05, 4.69) is 30.9 Å². The van der Waals surface area contributed by atoms with Crippen molar-refractivity contribution in [1.29, 1.82) is 0 Å². The maximum atomic E-state index is 5.70. The van der Waals surface area contributed by atoms with Crippen LogP contribution in [0.2, 0.25) is 0 Å². The van der Waals surface area contributed by atoms with Gasteiger partial charge in [-0.15, -0.1) is 0 Å². The number of nitrogens with two attached hydrogens (primary N) is 1. The first-order chi connectivity index (χ1) is 9.01. The van der Waals surface area contributed by atoms with Crippen molar-refractivity contribution in [3.8, 4) is 0 Å². The highest BCUT2D eigenvalue weighted by Gasteiger charge is 2.14. The molecule has 0 heterocycles. The third-order valence-electron chi connectivity index (χ3n) is 3.47. The summed E-state index contributed by atoms with van der Waals surface area (Å²) >= 11 is 5.05. The first-order valence-corrected chi connectivity index (χ1v) is 7.08. The van der Waals surface area contributed by atoms with Gasteiger partial charge in [-0.2, -0.15) is 0 Å². The van der Waals surface area contributed by atoms with Crippen LogP contribution in [0, 0.1) is 6.92 Å². The molecule has 4 heteroatoms. The molecule has 3 nitrogen and oxygen atoms in total. The quantitative estimate of drug-likeness (QED) is 0.780. The number of hydrogen-bond acceptors (Lipinski definition) is 3. The van der Waals surface area contributed by atoms with E-state index in [0.717, 1.165) is 30.7 Å². The van der Waals surface area contributed by atoms with Crippen molar-refractivity contribution in [2.45, 2.75) is 33.2 Å². The minimum atomic E-state index is 0.455. The minimum Gasteiger partial charge on any atom is -0.389 e. The Morgan fingerprint density at radius 2 is 2.16 bits per heavy atom. The van der Waals surface area contributed by atoms with Crippen LogP contribution in [0.5, 0.6) is 0 Å². The van der Waals surface area contributed by atoms with Gasteiger partial charge in [-0.3, -0.25) is 0 Å². The molecule has 0 aliphatic carbocycles. The van der Waals surface area contributed by atoms with Crippen molar-refractivity contribution in [2.24, 2.45) is 5.73 Å². The van der Waals surface area contributed by atoms with Crippen LogP contribution in [0.1, 0.15) is 31.4 Å². The van der Waals surface area contributed by atoms with Crippen LogP contribution >= 0.6 is 12.2 Å². The second kappa shape index (κ2) is 7.46. The largest absolute Gasteiger partial charge is 0.389 e. The molecule has 0 bridgehead atoms. The van der Waals surface area contributed by atoms with Gasteiger partial charge in [-0.05, 0) is 44.0 Å². The van der Waals surface area contributed by atoms with Gasteiger partial charge in [0.1, 0.15) is 4.99 Å². The second-order valence-corrected chi connectivity index (χ2v) is 5.25. The number of aryl methyl sites for hydroxylation is 1. The van der Waals surface area contributed by atoms with Gasteiger partial charge < -0.3 is 15.4 Å². The van der Waals surface area contributed by atoms with E-state index in [9.17, 15) is 0 Å². The van der Waals surface area contributed by atoms with E-state index in [0.29, 0.717) is 11.0 Å². The molecule has 106 valence electrons. The summed E-state index contributed by atoms with van der Waals surface area (Å²) < 4.78 is 5.20. The van der Waals surface area contributed by atoms with Gasteiger partial charge in [0, 0.05) is 30.9 Å². The molecule has 1 aromatic rings. The van der Waals surface area contributed by atoms with Gasteiger partial charge in [0.05, 0.1) is 6.61 Å². The first-order valence-electron chi connectivity index (χ1n) is 6.67. The van der Waals surface area contributed by atoms with Crippen molar-refractivity contribution in [2.75, 3.05) is 25.2 Å². The number of rotatable bonds is 7. The maximum Gasteiger partial charge on any atom is 0.104 e. The fourth-order valence-corrected chi connectivity index (χ4v) is 2.35. The van der Waals surface area contributed by atoms with Crippen molar-refractivity contribution in [3.63, 3.8) is 0 Å². The number of benzene rings is 1. The lowest BCUT2D eigenvalue weighted by Crippen LogP contribution is -2.35. The molecular weight excluding hydrogens is 256 g/mol. The summed E-state index contributed by atoms with van der Waals surface area (Å²) in [6.45, 7) is 8.08. The molecule has 0 aliphatic heterocycles. The molecule has 0 fully saturated rings. The smallest absolute Gasteiger partial charge is 0.104 e. The molecule has 0 aliphatic rings. The number of thiocarbonyl (C=S) groups is 1. The van der Waals surface area contributed by atoms with E-state index < -0.39 is 0 Å². The molecule has 0 aromatic heterocycles. The summed E-state index contributed by atoms with van der Waals surface area (Å²) in [7, 11) is 1.73. The predicted octanol–water partition coefficient (Wildman–Crippen LogP) is 2.88. The minimum absolute atomic E-state index is 0.455. The first kappa shape index (κ1) is 15.9. The summed E-state index contributed by atoms with van der Waals surface area (Å²) in [4.78, 5) is 2.82. The standard InChI is InChI=1S/C15H24N2OS/c1-5-12(3)17(8-9-18-4)13-6-7-14(15(16)19)11(2)10-13/h6-7,10,12H,5,8-9H2,1-4H3,(H2,16,19). The Labute approximate surface area is 121 Å². The predicted molar refractivity (Wildman–Crippen MR) is 86.0 cm³/mol. The van der Waals surface area contributed by atoms with E-state index in [1.807, 2.05) is 13.0 Å². The number of ether oxygens (including phenoxy) is 1. The fraction of sp³-hybridized carbons (Fsp3) is 0.533. The summed E-state index contributed by atoms with van der Waals surface area (Å²) in [5.74, 6) is 0. The zero-order valence-electron chi connectivity index (χ0n) is 12.3. The molecular formula is C15H24N2OS. The van der Waals surface area contributed by atoms with Gasteiger partial charge in [-0.25, -0.2) is 0 Å². The molecule has 0 spiro atoms. The van der Waals surface area contributed by atoms with Crippen LogP contribution in [0.25, 0.3) is 0 Å². The van der Waals surface area contributed by atoms with E-state index in [1.54, 1.807) is 7.11 Å². The molecule has 0 amide bonds. The zero-order valence-corrected chi connectivity index (χ0v) is 13.1. The number of nitrogens with zero attached hydrogens (tertiary/aromatic N) is 1. The number of methoxy groups -OCH3 is 1. The Morgan fingerprint density at radius 1 is 1.47 bits per heavy atom. The fourth-order valence-electron chi connectivity index (χ4n) is 2.12. The SMILES string of the molecule is CCC(C)N(CCOC)c1ccc(C(N)=S)c(C)c1. The lowest BCUT2D eigenvalue weighted by molar-refractivity contribution is 0.203. The normalized spacial score (nSPS) is 12.2. The highest BCUT2D eigenvalue weighted by molar-refractivity contribution is 7.80. The molecule has 1 aromatic carbocycles. The van der Waals surface area contributed by atoms with Gasteiger partial charge >= 0.3 is 0 Å². The third-order valence-corrected chi connectivity index (χ3v) is 3.69. The van der Waals surface area contributed by atoms with Crippen LogP contribution in [0.4, 0.5) is 5.69 Å². The molecule has 1 unspecified atom stereocenters. The van der Waals surface area contributed by atoms with Crippen LogP contribution in [-0.2, 0) is 4.74 Å². The lowest BCUT2D eigenvalue weighted by Gasteiger charge is -2.31. The van der Waals surface area contributed by atoms with Crippen molar-refractivity contribution < 1.29 is 4.74 Å². The Morgan fingerprint density at radius 3 is 2.63 bits per heavy atom. The van der Waals surface area contributed by atoms with Gasteiger partial charge in [0.2, 0.25) is 0 Å². The molecule has 1 atom stereocenters. The van der Waals surface area contributed by atoms with Gasteiger partial charge in [-0.1, -0.05) is 19.1 Å². The number of hydrogen-bond donors (Lipinski definition) is 1. The number of anilines is 1. The average molecular weight is 280 g/mol. The van der Waals surface area contributed by atoms with Crippen molar-refractivity contribution in [3.05, 3.63) is 29.3 Å². The molecule has 19 heavy (non-hydrogen) atoms. The molecule has 0 saturated carbocycles. The van der Waals surface area contributed by atoms with Crippen LogP contribution in [0.3, 0.4) is 0 Å². The van der Waals surface area contributed by atoms with E-state index in [1.165, 1.54) is 5.69 Å². The highest BCUT2D eigenvalue weighted by atomic mass is 32.1. The molecule has 1 rings (SSSR count). The summed E-state index contributed by atoms with van der Waals surface area (Å²) in [6, 6.07) is 6.72. The third kappa shape index (κ3) is 4.18. The average Bonchev–Trinajstić information content (AvgIpc) is 2.38. The van der Waals surface area contributed by atoms with Crippen LogP contribution < -0.4 is 10.6 Å². The Balaban J connectivity index is 3.02. The highest BCUT2D eigenvalue weighted by Crippen LogP contribution is 2.22. The van der Waals surface area contributed by atoms with Crippen molar-refractivity contribution >= 4 is 22.9 Å². The Bertz CT molecular complexity index is 434. The van der Waals surface area contributed by atoms with Gasteiger partial charge in [0.25, 0.3) is 0 Å². The van der Waals surface area contributed by atoms with E-state index >= 15 is 0 Å². The Hall–Kier alpha value is -1.13. The topological polar surface area (TPSA) is 38.5 Å². The second-order valence-electron chi connectivity index (χ2n) is 4.81. The van der Waals surface area contributed by atoms with Crippen molar-refractivity contribution in [1.82, 2.24) is 0 Å². The summed E-state index contributed by atoms with van der Waals surface area (Å²) in [6.07, 6.45) is 1.10. The van der Waals surface area contributed by atoms with E-state index in [-0.39, 0.29) is 0 Å². The Kier molecular flexibility index (Phi) is 6.25. The maximum absolute atomic E-state index is 5.70. The molecule has 0 saturated heterocycles. The van der Waals surface area contributed by atoms with Crippen LogP contribution in [-0.4, -0.2) is 31.3 Å². The van der Waals surface area contributed by atoms with Gasteiger partial charge in [0.15, 0.2) is 0 Å². The van der Waals surface area contributed by atoms with Crippen LogP contribution in [0.15, 0.2) is 18.2 Å². The molecule has 2 N–H and O–H groups in total. The lowest BCUT2D eigenvalue weighted by atomic mass is 10.1. The molecule has 0 radical (unpaired) electrons. The van der Waals surface area contributed by atoms with E-state index in [4.69, 9.17) is 22.7 Å².